The van der Waals surface area contributed by atoms with E-state index in [4.69, 9.17) is 4.74 Å². The van der Waals surface area contributed by atoms with E-state index in [1.807, 2.05) is 27.0 Å². The Morgan fingerprint density at radius 2 is 2.16 bits per heavy atom. The fourth-order valence-electron chi connectivity index (χ4n) is 2.69. The van der Waals surface area contributed by atoms with Crippen LogP contribution >= 0.6 is 0 Å². The van der Waals surface area contributed by atoms with E-state index in [9.17, 15) is 4.79 Å². The predicted molar refractivity (Wildman–Crippen MR) is 76.9 cm³/mol. The minimum atomic E-state index is -0.0597. The standard InChI is InChI=1S/C15H22N2O2/c1-10-8-11(2)14(19-4)13(9-10)17(3)15(18)12-6-5-7-16-12/h8-9,12,16H,5-7H2,1-4H3. The molecule has 0 radical (unpaired) electrons. The van der Waals surface area contributed by atoms with Crippen molar-refractivity contribution in [3.63, 3.8) is 0 Å². The topological polar surface area (TPSA) is 41.6 Å². The van der Waals surface area contributed by atoms with Gasteiger partial charge in [-0.05, 0) is 50.4 Å². The van der Waals surface area contributed by atoms with Crippen LogP contribution in [0.25, 0.3) is 0 Å². The summed E-state index contributed by atoms with van der Waals surface area (Å²) in [6, 6.07) is 4.00. The molecule has 4 heteroatoms. The molecule has 1 N–H and O–H groups in total. The normalized spacial score (nSPS) is 18.4. The summed E-state index contributed by atoms with van der Waals surface area (Å²) in [5.74, 6) is 0.889. The quantitative estimate of drug-likeness (QED) is 0.906. The van der Waals surface area contributed by atoms with E-state index in [1.54, 1.807) is 12.0 Å². The monoisotopic (exact) mass is 262 g/mol. The van der Waals surface area contributed by atoms with Crippen LogP contribution < -0.4 is 15.0 Å². The molecule has 19 heavy (non-hydrogen) atoms. The largest absolute Gasteiger partial charge is 0.494 e. The van der Waals surface area contributed by atoms with Crippen LogP contribution in [0.5, 0.6) is 5.75 Å². The number of carbonyl (C=O) groups is 1. The van der Waals surface area contributed by atoms with Crippen LogP contribution in [0.15, 0.2) is 12.1 Å². The molecule has 0 aliphatic carbocycles. The highest BCUT2D eigenvalue weighted by molar-refractivity contribution is 5.98. The number of nitrogens with zero attached hydrogens (tertiary/aromatic N) is 1. The maximum absolute atomic E-state index is 12.4. The number of hydrogen-bond acceptors (Lipinski definition) is 3. The van der Waals surface area contributed by atoms with Crippen LogP contribution in [0.2, 0.25) is 0 Å². The second kappa shape index (κ2) is 5.61. The molecule has 1 aliphatic rings. The lowest BCUT2D eigenvalue weighted by molar-refractivity contribution is -0.119. The molecule has 4 nitrogen and oxygen atoms in total. The number of rotatable bonds is 3. The van der Waals surface area contributed by atoms with E-state index in [-0.39, 0.29) is 11.9 Å². The fraction of sp³-hybridized carbons (Fsp3) is 0.533. The highest BCUT2D eigenvalue weighted by Gasteiger charge is 2.27. The summed E-state index contributed by atoms with van der Waals surface area (Å²) in [5.41, 5.74) is 3.03. The summed E-state index contributed by atoms with van der Waals surface area (Å²) in [6.45, 7) is 4.96. The molecule has 1 atom stereocenters. The number of amides is 1. The third-order valence-corrected chi connectivity index (χ3v) is 3.65. The highest BCUT2D eigenvalue weighted by Crippen LogP contribution is 2.33. The fourth-order valence-corrected chi connectivity index (χ4v) is 2.69. The Hall–Kier alpha value is -1.55. The van der Waals surface area contributed by atoms with Crippen molar-refractivity contribution in [2.45, 2.75) is 32.7 Å². The molecule has 104 valence electrons. The third kappa shape index (κ3) is 2.73. The van der Waals surface area contributed by atoms with E-state index >= 15 is 0 Å². The Balaban J connectivity index is 2.31. The third-order valence-electron chi connectivity index (χ3n) is 3.65. The Kier molecular flexibility index (Phi) is 4.10. The lowest BCUT2D eigenvalue weighted by Crippen LogP contribution is -2.41. The first kappa shape index (κ1) is 13.9. The van der Waals surface area contributed by atoms with Crippen molar-refractivity contribution in [1.82, 2.24) is 5.32 Å². The van der Waals surface area contributed by atoms with Gasteiger partial charge in [0.15, 0.2) is 0 Å². The molecule has 0 bridgehead atoms. The number of carbonyl (C=O) groups excluding carboxylic acids is 1. The molecule has 1 amide bonds. The van der Waals surface area contributed by atoms with Crippen LogP contribution in [0.3, 0.4) is 0 Å². The summed E-state index contributed by atoms with van der Waals surface area (Å²) in [4.78, 5) is 14.2. The first-order chi connectivity index (χ1) is 9.04. The second-order valence-electron chi connectivity index (χ2n) is 5.18. The summed E-state index contributed by atoms with van der Waals surface area (Å²) in [5, 5.41) is 3.24. The first-order valence-electron chi connectivity index (χ1n) is 6.70. The summed E-state index contributed by atoms with van der Waals surface area (Å²) in [6.07, 6.45) is 1.98. The maximum Gasteiger partial charge on any atom is 0.243 e. The molecule has 1 aliphatic heterocycles. The number of nitrogens with one attached hydrogen (secondary N) is 1. The van der Waals surface area contributed by atoms with Gasteiger partial charge in [0.1, 0.15) is 5.75 Å². The number of ether oxygens (including phenoxy) is 1. The highest BCUT2D eigenvalue weighted by atomic mass is 16.5. The van der Waals surface area contributed by atoms with Gasteiger partial charge in [-0.1, -0.05) is 6.07 Å². The second-order valence-corrected chi connectivity index (χ2v) is 5.18. The van der Waals surface area contributed by atoms with Gasteiger partial charge >= 0.3 is 0 Å². The number of anilines is 1. The van der Waals surface area contributed by atoms with Crippen LogP contribution in [0, 0.1) is 13.8 Å². The average Bonchev–Trinajstić information content (AvgIpc) is 2.90. The van der Waals surface area contributed by atoms with Crippen LogP contribution in [-0.2, 0) is 4.79 Å². The van der Waals surface area contributed by atoms with Gasteiger partial charge in [-0.15, -0.1) is 0 Å². The lowest BCUT2D eigenvalue weighted by atomic mass is 10.1. The van der Waals surface area contributed by atoms with Crippen LogP contribution in [0.1, 0.15) is 24.0 Å². The molecule has 0 spiro atoms. The van der Waals surface area contributed by atoms with Crippen molar-refractivity contribution in [2.75, 3.05) is 25.6 Å². The number of methoxy groups -OCH3 is 1. The van der Waals surface area contributed by atoms with E-state index in [0.29, 0.717) is 0 Å². The number of likely N-dealkylation sites (N-methyl/N-ethyl adjacent to an activating group) is 1. The van der Waals surface area contributed by atoms with Gasteiger partial charge in [-0.2, -0.15) is 0 Å². The van der Waals surface area contributed by atoms with Gasteiger partial charge in [0.25, 0.3) is 0 Å². The van der Waals surface area contributed by atoms with E-state index in [2.05, 4.69) is 11.4 Å². The van der Waals surface area contributed by atoms with E-state index in [0.717, 1.165) is 42.0 Å². The van der Waals surface area contributed by atoms with Gasteiger partial charge in [-0.25, -0.2) is 0 Å². The zero-order valence-corrected chi connectivity index (χ0v) is 12.1. The van der Waals surface area contributed by atoms with E-state index in [1.165, 1.54) is 0 Å². The summed E-state index contributed by atoms with van der Waals surface area (Å²) >= 11 is 0. The molecule has 0 aromatic heterocycles. The van der Waals surface area contributed by atoms with E-state index < -0.39 is 0 Å². The molecule has 0 saturated carbocycles. The molecule has 1 aromatic carbocycles. The number of aryl methyl sites for hydroxylation is 2. The molecular formula is C15H22N2O2. The molecule has 1 saturated heterocycles. The molecule has 1 heterocycles. The van der Waals surface area contributed by atoms with Gasteiger partial charge in [-0.3, -0.25) is 4.79 Å². The maximum atomic E-state index is 12.4. The summed E-state index contributed by atoms with van der Waals surface area (Å²) < 4.78 is 5.45. The molecule has 2 rings (SSSR count). The molecule has 1 unspecified atom stereocenters. The zero-order chi connectivity index (χ0) is 14.0. The Labute approximate surface area is 114 Å². The molecular weight excluding hydrogens is 240 g/mol. The number of hydrogen-bond donors (Lipinski definition) is 1. The van der Waals surface area contributed by atoms with Gasteiger partial charge in [0.05, 0.1) is 18.8 Å². The van der Waals surface area contributed by atoms with Crippen molar-refractivity contribution < 1.29 is 9.53 Å². The molecule has 1 aromatic rings. The lowest BCUT2D eigenvalue weighted by Gasteiger charge is -2.24. The van der Waals surface area contributed by atoms with Crippen LogP contribution in [0.4, 0.5) is 5.69 Å². The minimum absolute atomic E-state index is 0.0597. The summed E-state index contributed by atoms with van der Waals surface area (Å²) in [7, 11) is 3.46. The Morgan fingerprint density at radius 1 is 1.42 bits per heavy atom. The number of benzene rings is 1. The molecule has 1 fully saturated rings. The minimum Gasteiger partial charge on any atom is -0.494 e. The average molecular weight is 262 g/mol. The SMILES string of the molecule is COc1c(C)cc(C)cc1N(C)C(=O)C1CCCN1. The smallest absolute Gasteiger partial charge is 0.243 e. The van der Waals surface area contributed by atoms with Crippen molar-refractivity contribution in [3.05, 3.63) is 23.3 Å². The van der Waals surface area contributed by atoms with Crippen LogP contribution in [-0.4, -0.2) is 32.7 Å². The van der Waals surface area contributed by atoms with Crippen molar-refractivity contribution in [1.29, 1.82) is 0 Å². The van der Waals surface area contributed by atoms with Crippen molar-refractivity contribution >= 4 is 11.6 Å². The van der Waals surface area contributed by atoms with Gasteiger partial charge < -0.3 is 15.0 Å². The van der Waals surface area contributed by atoms with Gasteiger partial charge in [0, 0.05) is 7.05 Å². The first-order valence-corrected chi connectivity index (χ1v) is 6.70. The zero-order valence-electron chi connectivity index (χ0n) is 12.1. The van der Waals surface area contributed by atoms with Gasteiger partial charge in [0.2, 0.25) is 5.91 Å². The van der Waals surface area contributed by atoms with Crippen molar-refractivity contribution in [2.24, 2.45) is 0 Å². The van der Waals surface area contributed by atoms with Crippen molar-refractivity contribution in [3.8, 4) is 5.75 Å². The Morgan fingerprint density at radius 3 is 2.74 bits per heavy atom. The predicted octanol–water partition coefficient (Wildman–Crippen LogP) is 2.03. The Bertz CT molecular complexity index is 479.